The summed E-state index contributed by atoms with van der Waals surface area (Å²) in [6.07, 6.45) is 7.55. The van der Waals surface area contributed by atoms with Crippen LogP contribution in [-0.4, -0.2) is 14.3 Å². The summed E-state index contributed by atoms with van der Waals surface area (Å²) < 4.78 is 4.04. The summed E-state index contributed by atoms with van der Waals surface area (Å²) in [5.74, 6) is 1.16. The van der Waals surface area contributed by atoms with Crippen molar-refractivity contribution in [3.8, 4) is 10.8 Å². The first-order valence-corrected chi connectivity index (χ1v) is 7.28. The molecule has 0 aromatic carbocycles. The molecule has 1 unspecified atom stereocenters. The second kappa shape index (κ2) is 4.62. The standard InChI is InChI=1S/C12H11N3OS2/c1-7-2-4-8(5-3-7)9-6-17-11(13-9)10-14-12(16)18-15-10/h2,4-7H,3H2,1H3,(H,14,15,16). The van der Waals surface area contributed by atoms with Crippen LogP contribution >= 0.6 is 22.9 Å². The lowest BCUT2D eigenvalue weighted by Gasteiger charge is -2.09. The third kappa shape index (κ3) is 2.21. The molecule has 0 aliphatic heterocycles. The van der Waals surface area contributed by atoms with Crippen molar-refractivity contribution in [3.05, 3.63) is 39.0 Å². The average molecular weight is 277 g/mol. The van der Waals surface area contributed by atoms with Crippen molar-refractivity contribution in [2.45, 2.75) is 13.3 Å². The van der Waals surface area contributed by atoms with Crippen molar-refractivity contribution in [2.75, 3.05) is 0 Å². The van der Waals surface area contributed by atoms with Gasteiger partial charge in [-0.05, 0) is 17.9 Å². The van der Waals surface area contributed by atoms with Gasteiger partial charge in [0.25, 0.3) is 0 Å². The number of H-pyrrole nitrogens is 1. The van der Waals surface area contributed by atoms with Gasteiger partial charge in [0.2, 0.25) is 0 Å². The van der Waals surface area contributed by atoms with Gasteiger partial charge in [-0.3, -0.25) is 9.78 Å². The molecular weight excluding hydrogens is 266 g/mol. The highest BCUT2D eigenvalue weighted by atomic mass is 32.1. The van der Waals surface area contributed by atoms with Gasteiger partial charge in [-0.25, -0.2) is 4.98 Å². The fourth-order valence-corrected chi connectivity index (χ4v) is 3.03. The van der Waals surface area contributed by atoms with Gasteiger partial charge in [-0.1, -0.05) is 25.2 Å². The molecule has 1 aliphatic rings. The highest BCUT2D eigenvalue weighted by Gasteiger charge is 2.12. The number of thiazole rings is 1. The smallest absolute Gasteiger partial charge is 0.294 e. The van der Waals surface area contributed by atoms with Gasteiger partial charge >= 0.3 is 4.87 Å². The zero-order chi connectivity index (χ0) is 12.5. The second-order valence-corrected chi connectivity index (χ2v) is 5.81. The van der Waals surface area contributed by atoms with Crippen LogP contribution in [0.4, 0.5) is 0 Å². The first-order chi connectivity index (χ1) is 8.72. The van der Waals surface area contributed by atoms with Crippen LogP contribution in [0.15, 0.2) is 28.4 Å². The third-order valence-corrected chi connectivity index (χ3v) is 4.15. The molecule has 1 N–H and O–H groups in total. The van der Waals surface area contributed by atoms with Crippen LogP contribution in [0.5, 0.6) is 0 Å². The van der Waals surface area contributed by atoms with Crippen LogP contribution in [0, 0.1) is 5.92 Å². The van der Waals surface area contributed by atoms with Gasteiger partial charge in [0.1, 0.15) is 0 Å². The Balaban J connectivity index is 1.91. The summed E-state index contributed by atoms with van der Waals surface area (Å²) >= 11 is 2.42. The van der Waals surface area contributed by atoms with E-state index >= 15 is 0 Å². The molecule has 2 heterocycles. The molecule has 2 aromatic heterocycles. The summed E-state index contributed by atoms with van der Waals surface area (Å²) in [4.78, 5) is 18.1. The Morgan fingerprint density at radius 3 is 3.06 bits per heavy atom. The molecule has 3 rings (SSSR count). The van der Waals surface area contributed by atoms with E-state index in [0.717, 1.165) is 34.2 Å². The van der Waals surface area contributed by atoms with Crippen molar-refractivity contribution in [1.82, 2.24) is 14.3 Å². The quantitative estimate of drug-likeness (QED) is 0.918. The molecule has 18 heavy (non-hydrogen) atoms. The number of aromatic nitrogens is 3. The van der Waals surface area contributed by atoms with E-state index in [-0.39, 0.29) is 4.87 Å². The zero-order valence-electron chi connectivity index (χ0n) is 9.71. The van der Waals surface area contributed by atoms with Gasteiger partial charge in [0.15, 0.2) is 10.8 Å². The van der Waals surface area contributed by atoms with Crippen LogP contribution in [0.2, 0.25) is 0 Å². The zero-order valence-corrected chi connectivity index (χ0v) is 11.3. The lowest BCUT2D eigenvalue weighted by atomic mass is 9.97. The molecule has 1 atom stereocenters. The van der Waals surface area contributed by atoms with E-state index in [2.05, 4.69) is 39.5 Å². The lowest BCUT2D eigenvalue weighted by molar-refractivity contribution is 0.739. The third-order valence-electron chi connectivity index (χ3n) is 2.76. The predicted octanol–water partition coefficient (Wildman–Crippen LogP) is 2.93. The Hall–Kier alpha value is -1.53. The molecule has 0 bridgehead atoms. The molecule has 0 radical (unpaired) electrons. The van der Waals surface area contributed by atoms with E-state index in [9.17, 15) is 4.79 Å². The van der Waals surface area contributed by atoms with Crippen LogP contribution in [0.25, 0.3) is 16.4 Å². The van der Waals surface area contributed by atoms with Crippen molar-refractivity contribution in [1.29, 1.82) is 0 Å². The largest absolute Gasteiger partial charge is 0.323 e. The van der Waals surface area contributed by atoms with Gasteiger partial charge < -0.3 is 0 Å². The Morgan fingerprint density at radius 2 is 2.39 bits per heavy atom. The summed E-state index contributed by atoms with van der Waals surface area (Å²) in [6.45, 7) is 2.19. The summed E-state index contributed by atoms with van der Waals surface area (Å²) in [7, 11) is 0. The predicted molar refractivity (Wildman–Crippen MR) is 74.7 cm³/mol. The average Bonchev–Trinajstić information content (AvgIpc) is 2.98. The molecular formula is C12H11N3OS2. The van der Waals surface area contributed by atoms with Crippen molar-refractivity contribution in [3.63, 3.8) is 0 Å². The normalized spacial score (nSPS) is 18.9. The number of allylic oxidation sites excluding steroid dienone is 4. The Bertz CT molecular complexity index is 677. The fraction of sp³-hybridized carbons (Fsp3) is 0.250. The first kappa shape index (κ1) is 11.6. The molecule has 92 valence electrons. The number of aromatic amines is 1. The Morgan fingerprint density at radius 1 is 1.50 bits per heavy atom. The minimum absolute atomic E-state index is 0.146. The lowest BCUT2D eigenvalue weighted by Crippen LogP contribution is -1.95. The summed E-state index contributed by atoms with van der Waals surface area (Å²) in [6, 6.07) is 0. The number of nitrogens with one attached hydrogen (secondary N) is 1. The molecule has 4 nitrogen and oxygen atoms in total. The topological polar surface area (TPSA) is 58.6 Å². The number of hydrogen-bond acceptors (Lipinski definition) is 5. The van der Waals surface area contributed by atoms with E-state index in [1.54, 1.807) is 0 Å². The van der Waals surface area contributed by atoms with Crippen molar-refractivity contribution < 1.29 is 0 Å². The monoisotopic (exact) mass is 277 g/mol. The summed E-state index contributed by atoms with van der Waals surface area (Å²) in [5, 5.41) is 2.76. The first-order valence-electron chi connectivity index (χ1n) is 5.63. The van der Waals surface area contributed by atoms with Crippen LogP contribution in [0.3, 0.4) is 0 Å². The minimum atomic E-state index is -0.146. The van der Waals surface area contributed by atoms with E-state index in [1.807, 2.05) is 5.38 Å². The maximum atomic E-state index is 11.1. The molecule has 0 saturated heterocycles. The fourth-order valence-electron chi connectivity index (χ4n) is 1.75. The highest BCUT2D eigenvalue weighted by molar-refractivity contribution is 7.13. The summed E-state index contributed by atoms with van der Waals surface area (Å²) in [5.41, 5.74) is 2.10. The van der Waals surface area contributed by atoms with E-state index < -0.39 is 0 Å². The Labute approximate surface area is 112 Å². The minimum Gasteiger partial charge on any atom is -0.294 e. The van der Waals surface area contributed by atoms with Gasteiger partial charge in [0.05, 0.1) is 5.69 Å². The molecule has 2 aromatic rings. The molecule has 1 aliphatic carbocycles. The molecule has 0 amide bonds. The molecule has 0 saturated carbocycles. The SMILES string of the molecule is CC1C=CC(c2csc(-c3nsc(=O)[nH]3)n2)=CC1. The van der Waals surface area contributed by atoms with Gasteiger partial charge in [-0.15, -0.1) is 11.3 Å². The number of hydrogen-bond donors (Lipinski definition) is 1. The van der Waals surface area contributed by atoms with Crippen LogP contribution in [0.1, 0.15) is 19.0 Å². The van der Waals surface area contributed by atoms with E-state index in [0.29, 0.717) is 11.7 Å². The van der Waals surface area contributed by atoms with Crippen molar-refractivity contribution in [2.24, 2.45) is 5.92 Å². The number of rotatable bonds is 2. The van der Waals surface area contributed by atoms with Crippen molar-refractivity contribution >= 4 is 28.4 Å². The van der Waals surface area contributed by atoms with Gasteiger partial charge in [0, 0.05) is 16.9 Å². The van der Waals surface area contributed by atoms with Crippen LogP contribution in [-0.2, 0) is 0 Å². The van der Waals surface area contributed by atoms with Gasteiger partial charge in [-0.2, -0.15) is 4.37 Å². The van der Waals surface area contributed by atoms with Crippen LogP contribution < -0.4 is 4.87 Å². The maximum absolute atomic E-state index is 11.1. The molecule has 6 heteroatoms. The Kier molecular flexibility index (Phi) is 2.97. The maximum Gasteiger partial charge on any atom is 0.323 e. The molecule has 0 spiro atoms. The molecule has 0 fully saturated rings. The number of nitrogens with zero attached hydrogens (tertiary/aromatic N) is 2. The highest BCUT2D eigenvalue weighted by Crippen LogP contribution is 2.28. The van der Waals surface area contributed by atoms with E-state index in [1.165, 1.54) is 11.3 Å². The second-order valence-electron chi connectivity index (χ2n) is 4.21. The van der Waals surface area contributed by atoms with E-state index in [4.69, 9.17) is 0 Å².